The molecule has 2 saturated heterocycles. The molecule has 1 aromatic rings. The highest BCUT2D eigenvalue weighted by atomic mass is 35.5. The molecule has 6 nitrogen and oxygen atoms in total. The standard InChI is InChI=1S/C18H22Cl2N2O4/c1-11-9-12(19)10-13(25-3)14(11)18(20)15(23)17(21(2)16(18)24)5-7-22(26-4)8-6-17/h9-10H,5-8H2,1-4H3. The van der Waals surface area contributed by atoms with Gasteiger partial charge in [-0.2, -0.15) is 5.06 Å². The molecule has 0 radical (unpaired) electrons. The number of piperidine rings is 1. The lowest BCUT2D eigenvalue weighted by molar-refractivity contribution is -0.165. The first kappa shape index (κ1) is 19.4. The SMILES string of the molecule is COc1cc(Cl)cc(C)c1C1(Cl)C(=O)N(C)C2(CCN(OC)CC2)C1=O. The third-order valence-electron chi connectivity index (χ3n) is 5.61. The minimum absolute atomic E-state index is 0.307. The minimum atomic E-state index is -1.82. The van der Waals surface area contributed by atoms with Gasteiger partial charge in [0.1, 0.15) is 11.3 Å². The first-order valence-corrected chi connectivity index (χ1v) is 9.13. The number of carbonyl (C=O) groups is 2. The number of likely N-dealkylation sites (N-methyl/N-ethyl adjacent to an activating group) is 1. The first-order chi connectivity index (χ1) is 12.2. The molecule has 8 heteroatoms. The maximum absolute atomic E-state index is 13.6. The number of halogens is 2. The van der Waals surface area contributed by atoms with Crippen molar-refractivity contribution in [2.45, 2.75) is 30.2 Å². The molecule has 2 aliphatic rings. The Morgan fingerprint density at radius 3 is 2.31 bits per heavy atom. The van der Waals surface area contributed by atoms with Crippen LogP contribution >= 0.6 is 23.2 Å². The molecule has 1 unspecified atom stereocenters. The molecule has 1 amide bonds. The summed E-state index contributed by atoms with van der Waals surface area (Å²) in [5.74, 6) is -0.399. The number of aryl methyl sites for hydroxylation is 1. The van der Waals surface area contributed by atoms with Gasteiger partial charge in [0.25, 0.3) is 5.91 Å². The Kier molecular flexibility index (Phi) is 4.99. The number of hydrogen-bond acceptors (Lipinski definition) is 5. The van der Waals surface area contributed by atoms with Crippen molar-refractivity contribution >= 4 is 34.9 Å². The van der Waals surface area contributed by atoms with E-state index in [0.29, 0.717) is 47.8 Å². The molecule has 0 aliphatic carbocycles. The summed E-state index contributed by atoms with van der Waals surface area (Å²) in [5, 5.41) is 2.23. The highest BCUT2D eigenvalue weighted by molar-refractivity contribution is 6.50. The van der Waals surface area contributed by atoms with Crippen LogP contribution in [0.4, 0.5) is 0 Å². The number of carbonyl (C=O) groups excluding carboxylic acids is 2. The van der Waals surface area contributed by atoms with E-state index in [-0.39, 0.29) is 5.78 Å². The van der Waals surface area contributed by atoms with Gasteiger partial charge in [0, 0.05) is 30.7 Å². The number of Topliss-reactive ketones (excluding diaryl/α,β-unsaturated/α-hetero) is 1. The molecule has 1 atom stereocenters. The number of hydroxylamine groups is 2. The van der Waals surface area contributed by atoms with E-state index in [9.17, 15) is 9.59 Å². The van der Waals surface area contributed by atoms with Crippen molar-refractivity contribution < 1.29 is 19.2 Å². The summed E-state index contributed by atoms with van der Waals surface area (Å²) < 4.78 is 5.41. The van der Waals surface area contributed by atoms with E-state index in [0.717, 1.165) is 0 Å². The number of alkyl halides is 1. The normalized spacial score (nSPS) is 26.0. The van der Waals surface area contributed by atoms with Crippen LogP contribution in [0.5, 0.6) is 5.75 Å². The summed E-state index contributed by atoms with van der Waals surface area (Å²) in [6.07, 6.45) is 0.927. The molecule has 0 aromatic heterocycles. The molecule has 2 heterocycles. The third-order valence-corrected chi connectivity index (χ3v) is 6.35. The molecular weight excluding hydrogens is 379 g/mol. The second-order valence-electron chi connectivity index (χ2n) is 6.79. The number of benzene rings is 1. The van der Waals surface area contributed by atoms with Gasteiger partial charge in [-0.05, 0) is 37.5 Å². The molecule has 0 saturated carbocycles. The van der Waals surface area contributed by atoms with Crippen LogP contribution in [0.3, 0.4) is 0 Å². The van der Waals surface area contributed by atoms with Crippen LogP contribution in [-0.2, 0) is 19.3 Å². The molecule has 1 spiro atoms. The van der Waals surface area contributed by atoms with Gasteiger partial charge in [-0.3, -0.25) is 9.59 Å². The third kappa shape index (κ3) is 2.54. The Bertz CT molecular complexity index is 762. The van der Waals surface area contributed by atoms with Crippen LogP contribution in [0.2, 0.25) is 5.02 Å². The zero-order valence-electron chi connectivity index (χ0n) is 15.3. The fourth-order valence-electron chi connectivity index (χ4n) is 4.13. The Labute approximate surface area is 162 Å². The highest BCUT2D eigenvalue weighted by Gasteiger charge is 2.67. The number of ether oxygens (including phenoxy) is 1. The highest BCUT2D eigenvalue weighted by Crippen LogP contribution is 2.51. The van der Waals surface area contributed by atoms with E-state index in [4.69, 9.17) is 32.8 Å². The van der Waals surface area contributed by atoms with Gasteiger partial charge in [-0.15, -0.1) is 0 Å². The molecule has 3 rings (SSSR count). The molecule has 0 N–H and O–H groups in total. The number of ketones is 1. The lowest BCUT2D eigenvalue weighted by Gasteiger charge is -2.41. The van der Waals surface area contributed by atoms with Gasteiger partial charge in [0.05, 0.1) is 14.2 Å². The lowest BCUT2D eigenvalue weighted by atomic mass is 9.79. The second-order valence-corrected chi connectivity index (χ2v) is 7.80. The number of rotatable bonds is 3. The summed E-state index contributed by atoms with van der Waals surface area (Å²) in [6.45, 7) is 2.86. The van der Waals surface area contributed by atoms with Crippen LogP contribution in [0.25, 0.3) is 0 Å². The maximum Gasteiger partial charge on any atom is 0.256 e. The molecule has 26 heavy (non-hydrogen) atoms. The van der Waals surface area contributed by atoms with E-state index in [1.165, 1.54) is 12.0 Å². The Balaban J connectivity index is 2.12. The summed E-state index contributed by atoms with van der Waals surface area (Å²) in [5.41, 5.74) is 0.0788. The first-order valence-electron chi connectivity index (χ1n) is 8.38. The predicted octanol–water partition coefficient (Wildman–Crippen LogP) is 2.53. The van der Waals surface area contributed by atoms with Crippen LogP contribution in [0.15, 0.2) is 12.1 Å². The monoisotopic (exact) mass is 400 g/mol. The Morgan fingerprint density at radius 2 is 1.77 bits per heavy atom. The number of methoxy groups -OCH3 is 1. The van der Waals surface area contributed by atoms with Gasteiger partial charge in [0.15, 0.2) is 5.78 Å². The number of nitrogens with zero attached hydrogens (tertiary/aromatic N) is 2. The van der Waals surface area contributed by atoms with Crippen molar-refractivity contribution in [2.24, 2.45) is 0 Å². The molecule has 2 fully saturated rings. The molecule has 1 aromatic carbocycles. The fraction of sp³-hybridized carbons (Fsp3) is 0.556. The van der Waals surface area contributed by atoms with Crippen molar-refractivity contribution in [3.63, 3.8) is 0 Å². The molecule has 142 valence electrons. The Hall–Kier alpha value is -1.34. The number of likely N-dealkylation sites (tertiary alicyclic amines) is 1. The predicted molar refractivity (Wildman–Crippen MR) is 98.6 cm³/mol. The topological polar surface area (TPSA) is 59.1 Å². The van der Waals surface area contributed by atoms with E-state index in [1.54, 1.807) is 38.3 Å². The van der Waals surface area contributed by atoms with E-state index >= 15 is 0 Å². The lowest BCUT2D eigenvalue weighted by Crippen LogP contribution is -2.55. The van der Waals surface area contributed by atoms with Crippen LogP contribution < -0.4 is 4.74 Å². The molecular formula is C18H22Cl2N2O4. The number of amides is 1. The van der Waals surface area contributed by atoms with Crippen molar-refractivity contribution in [3.8, 4) is 5.75 Å². The van der Waals surface area contributed by atoms with Crippen molar-refractivity contribution in [2.75, 3.05) is 34.4 Å². The molecule has 2 aliphatic heterocycles. The van der Waals surface area contributed by atoms with Crippen molar-refractivity contribution in [3.05, 3.63) is 28.3 Å². The van der Waals surface area contributed by atoms with E-state index in [2.05, 4.69) is 0 Å². The quantitative estimate of drug-likeness (QED) is 0.576. The van der Waals surface area contributed by atoms with Crippen LogP contribution in [0, 0.1) is 6.92 Å². The smallest absolute Gasteiger partial charge is 0.256 e. The van der Waals surface area contributed by atoms with Gasteiger partial charge in [-0.1, -0.05) is 23.2 Å². The second kappa shape index (κ2) is 6.68. The summed E-state index contributed by atoms with van der Waals surface area (Å²) >= 11 is 12.9. The van der Waals surface area contributed by atoms with E-state index < -0.39 is 16.3 Å². The summed E-state index contributed by atoms with van der Waals surface area (Å²) in [4.78, 5) is 31.7. The maximum atomic E-state index is 13.6. The van der Waals surface area contributed by atoms with Gasteiger partial charge in [0.2, 0.25) is 4.87 Å². The van der Waals surface area contributed by atoms with Gasteiger partial charge >= 0.3 is 0 Å². The van der Waals surface area contributed by atoms with Crippen molar-refractivity contribution in [1.29, 1.82) is 0 Å². The minimum Gasteiger partial charge on any atom is -0.496 e. The van der Waals surface area contributed by atoms with Crippen LogP contribution in [-0.4, -0.2) is 61.5 Å². The zero-order chi connectivity index (χ0) is 19.3. The number of hydrogen-bond donors (Lipinski definition) is 0. The summed E-state index contributed by atoms with van der Waals surface area (Å²) in [7, 11) is 4.71. The largest absolute Gasteiger partial charge is 0.496 e. The van der Waals surface area contributed by atoms with Gasteiger partial charge in [-0.25, -0.2) is 0 Å². The zero-order valence-corrected chi connectivity index (χ0v) is 16.8. The van der Waals surface area contributed by atoms with Crippen LogP contribution in [0.1, 0.15) is 24.0 Å². The summed E-state index contributed by atoms with van der Waals surface area (Å²) in [6, 6.07) is 3.26. The average molecular weight is 401 g/mol. The average Bonchev–Trinajstić information content (AvgIpc) is 2.76. The molecule has 0 bridgehead atoms. The van der Waals surface area contributed by atoms with Gasteiger partial charge < -0.3 is 14.5 Å². The van der Waals surface area contributed by atoms with E-state index in [1.807, 2.05) is 0 Å². The fourth-order valence-corrected chi connectivity index (χ4v) is 4.94. The van der Waals surface area contributed by atoms with Crippen molar-refractivity contribution in [1.82, 2.24) is 9.96 Å². The Morgan fingerprint density at radius 1 is 1.15 bits per heavy atom.